The fourth-order valence-corrected chi connectivity index (χ4v) is 22.5. The molecule has 2 aliphatic rings. The van der Waals surface area contributed by atoms with Crippen molar-refractivity contribution >= 4 is 46.4 Å². The molecule has 1 saturated carbocycles. The Hall–Kier alpha value is -1.43. The third-order valence-corrected chi connectivity index (χ3v) is 24.9. The van der Waals surface area contributed by atoms with E-state index in [1.165, 1.54) is 31.7 Å². The van der Waals surface area contributed by atoms with Crippen molar-refractivity contribution in [2.45, 2.75) is 168 Å². The summed E-state index contributed by atoms with van der Waals surface area (Å²) >= 11 is 0. The van der Waals surface area contributed by atoms with Crippen LogP contribution >= 0.6 is 0 Å². The lowest BCUT2D eigenvalue weighted by Gasteiger charge is -2.36. The van der Waals surface area contributed by atoms with Crippen LogP contribution in [0.25, 0.3) is 0 Å². The van der Waals surface area contributed by atoms with Crippen LogP contribution < -0.4 is 10.6 Å². The average Bonchev–Trinajstić information content (AvgIpc) is 4.00. The first-order valence-corrected chi connectivity index (χ1v) is 34.1. The van der Waals surface area contributed by atoms with Crippen LogP contribution in [0.4, 0.5) is 9.59 Å². The monoisotopic (exact) mass is 949 g/mol. The first kappa shape index (κ1) is 56.7. The summed E-state index contributed by atoms with van der Waals surface area (Å²) in [5.74, 6) is 1.22. The standard InChI is InChI=1S/C44H88N2O12Si4/c1-11-51-61(52-12-2,53-13-3)34-22-30-45-43(47)49-32-20-17-18-24-39(28-36-59(7,8)58-60(9,10)37-29-40-26-27-41-42(38-40)57-41)25-19-21-33-50-44(48)46-31-23-35-62(54-14-4,55-15-5)56-16-6/h17,19-21,39-42H,11-16,18,22-38H2,1-10H3,(H,45,47)(H,46,48). The third-order valence-electron chi connectivity index (χ3n) is 11.2. The van der Waals surface area contributed by atoms with Crippen molar-refractivity contribution in [1.29, 1.82) is 0 Å². The molecule has 18 heteroatoms. The van der Waals surface area contributed by atoms with Gasteiger partial charge < -0.3 is 55.5 Å². The number of allylic oxidation sites excluding steroid dienone is 2. The number of rotatable bonds is 37. The average molecular weight is 950 g/mol. The predicted octanol–water partition coefficient (Wildman–Crippen LogP) is 9.99. The van der Waals surface area contributed by atoms with Crippen molar-refractivity contribution < 1.29 is 54.5 Å². The summed E-state index contributed by atoms with van der Waals surface area (Å²) in [6.45, 7) is 25.7. The summed E-state index contributed by atoms with van der Waals surface area (Å²) in [6, 6.07) is 3.57. The number of amides is 2. The Balaban J connectivity index is 1.84. The zero-order valence-electron chi connectivity index (χ0n) is 40.5. The molecule has 0 spiro atoms. The van der Waals surface area contributed by atoms with Gasteiger partial charge in [0.2, 0.25) is 0 Å². The van der Waals surface area contributed by atoms with Crippen molar-refractivity contribution in [1.82, 2.24) is 10.6 Å². The number of ether oxygens (including phenoxy) is 3. The van der Waals surface area contributed by atoms with Crippen molar-refractivity contribution in [3.63, 3.8) is 0 Å². The second-order valence-corrected chi connectivity index (χ2v) is 31.8. The van der Waals surface area contributed by atoms with Crippen LogP contribution in [0.1, 0.15) is 106 Å². The highest BCUT2D eigenvalue weighted by Crippen LogP contribution is 2.42. The molecule has 4 unspecified atom stereocenters. The molecule has 2 fully saturated rings. The van der Waals surface area contributed by atoms with Crippen LogP contribution in [0, 0.1) is 11.8 Å². The summed E-state index contributed by atoms with van der Waals surface area (Å²) in [5.41, 5.74) is 0. The van der Waals surface area contributed by atoms with Crippen molar-refractivity contribution in [3.05, 3.63) is 24.3 Å². The Kier molecular flexibility index (Phi) is 28.8. The number of alkyl carbamates (subject to hydrolysis) is 2. The lowest BCUT2D eigenvalue weighted by molar-refractivity contribution is 0.0700. The second-order valence-electron chi connectivity index (χ2n) is 17.4. The lowest BCUT2D eigenvalue weighted by Crippen LogP contribution is -2.46. The van der Waals surface area contributed by atoms with Gasteiger partial charge in [-0.1, -0.05) is 37.1 Å². The van der Waals surface area contributed by atoms with Gasteiger partial charge in [0, 0.05) is 64.8 Å². The molecular formula is C44H88N2O12Si4. The molecule has 14 nitrogen and oxygen atoms in total. The van der Waals surface area contributed by atoms with Crippen LogP contribution in [0.2, 0.25) is 50.4 Å². The van der Waals surface area contributed by atoms with Gasteiger partial charge in [0.05, 0.1) is 12.2 Å². The van der Waals surface area contributed by atoms with Gasteiger partial charge >= 0.3 is 29.8 Å². The highest BCUT2D eigenvalue weighted by molar-refractivity contribution is 6.84. The van der Waals surface area contributed by atoms with Gasteiger partial charge in [-0.25, -0.2) is 9.59 Å². The minimum atomic E-state index is -2.74. The topological polar surface area (TPSA) is 154 Å². The van der Waals surface area contributed by atoms with Crippen molar-refractivity contribution in [2.75, 3.05) is 65.9 Å². The van der Waals surface area contributed by atoms with Crippen LogP contribution in [0.3, 0.4) is 0 Å². The summed E-state index contributed by atoms with van der Waals surface area (Å²) in [5, 5.41) is 5.67. The number of nitrogens with one attached hydrogen (secondary N) is 2. The van der Waals surface area contributed by atoms with E-state index in [-0.39, 0.29) is 13.2 Å². The molecular weight excluding hydrogens is 861 g/mol. The van der Waals surface area contributed by atoms with Crippen molar-refractivity contribution in [3.8, 4) is 0 Å². The molecule has 0 aromatic heterocycles. The Morgan fingerprint density at radius 2 is 1.10 bits per heavy atom. The molecule has 0 radical (unpaired) electrons. The first-order chi connectivity index (χ1) is 29.7. The predicted molar refractivity (Wildman–Crippen MR) is 255 cm³/mol. The van der Waals surface area contributed by atoms with Gasteiger partial charge in [0.15, 0.2) is 16.6 Å². The fourth-order valence-electron chi connectivity index (χ4n) is 8.30. The Bertz CT molecular complexity index is 1250. The van der Waals surface area contributed by atoms with E-state index in [1.54, 1.807) is 0 Å². The maximum atomic E-state index is 12.4. The summed E-state index contributed by atoms with van der Waals surface area (Å²) in [6.07, 6.45) is 18.5. The van der Waals surface area contributed by atoms with E-state index in [0.717, 1.165) is 37.6 Å². The number of hydrogen-bond donors (Lipinski definition) is 2. The molecule has 1 aliphatic carbocycles. The van der Waals surface area contributed by atoms with Gasteiger partial charge in [-0.05, 0) is 143 Å². The van der Waals surface area contributed by atoms with Gasteiger partial charge in [-0.15, -0.1) is 0 Å². The molecule has 0 aromatic carbocycles. The molecule has 1 heterocycles. The Morgan fingerprint density at radius 1 is 0.613 bits per heavy atom. The molecule has 2 rings (SSSR count). The molecule has 4 atom stereocenters. The molecule has 2 amide bonds. The number of carbonyl (C=O) groups excluding carboxylic acids is 2. The van der Waals surface area contributed by atoms with Gasteiger partial charge in [-0.3, -0.25) is 0 Å². The van der Waals surface area contributed by atoms with E-state index in [2.05, 4.69) is 49.0 Å². The normalized spacial score (nSPS) is 18.8. The Labute approximate surface area is 380 Å². The maximum absolute atomic E-state index is 12.4. The number of fused-ring (bicyclic) bond motifs is 1. The zero-order valence-corrected chi connectivity index (χ0v) is 44.5. The lowest BCUT2D eigenvalue weighted by atomic mass is 9.88. The smallest absolute Gasteiger partial charge is 0.455 e. The summed E-state index contributed by atoms with van der Waals surface area (Å²) in [7, 11) is -9.18. The molecule has 1 aliphatic heterocycles. The van der Waals surface area contributed by atoms with Crippen LogP contribution in [0.15, 0.2) is 24.3 Å². The number of hydrogen-bond acceptors (Lipinski definition) is 12. The number of carbonyl (C=O) groups is 2. The van der Waals surface area contributed by atoms with E-state index < -0.39 is 46.4 Å². The van der Waals surface area contributed by atoms with E-state index in [4.69, 9.17) is 44.9 Å². The van der Waals surface area contributed by atoms with Gasteiger partial charge in [-0.2, -0.15) is 0 Å². The van der Waals surface area contributed by atoms with Gasteiger partial charge in [0.25, 0.3) is 0 Å². The SMILES string of the molecule is CCO[Si](CCCNC(=O)OCC=CCCC(CC=CCOC(=O)NCCC[Si](OCC)(OCC)OCC)CC[Si](C)(C)O[Si](C)(C)CCC1CCC2OC2C1)(OCC)OCC. The third kappa shape index (κ3) is 24.7. The first-order valence-electron chi connectivity index (χ1n) is 24.0. The highest BCUT2D eigenvalue weighted by Gasteiger charge is 2.44. The largest absolute Gasteiger partial charge is 0.500 e. The maximum Gasteiger partial charge on any atom is 0.500 e. The molecule has 362 valence electrons. The van der Waals surface area contributed by atoms with E-state index >= 15 is 0 Å². The molecule has 0 bridgehead atoms. The summed E-state index contributed by atoms with van der Waals surface area (Å²) < 4.78 is 59.2. The van der Waals surface area contributed by atoms with E-state index in [0.29, 0.717) is 95.8 Å². The van der Waals surface area contributed by atoms with E-state index in [1.807, 2.05) is 53.7 Å². The number of epoxide rings is 1. The second kappa shape index (κ2) is 31.5. The molecule has 0 aromatic rings. The van der Waals surface area contributed by atoms with E-state index in [9.17, 15) is 9.59 Å². The Morgan fingerprint density at radius 3 is 1.58 bits per heavy atom. The van der Waals surface area contributed by atoms with Crippen molar-refractivity contribution in [2.24, 2.45) is 11.8 Å². The molecule has 2 N–H and O–H groups in total. The van der Waals surface area contributed by atoms with Crippen LogP contribution in [-0.2, 0) is 44.9 Å². The minimum Gasteiger partial charge on any atom is -0.455 e. The minimum absolute atomic E-state index is 0.208. The van der Waals surface area contributed by atoms with Crippen LogP contribution in [0.5, 0.6) is 0 Å². The highest BCUT2D eigenvalue weighted by atomic mass is 28.4. The fraction of sp³-hybridized carbons (Fsp3) is 0.864. The summed E-state index contributed by atoms with van der Waals surface area (Å²) in [4.78, 5) is 24.8. The molecule has 1 saturated heterocycles. The zero-order chi connectivity index (χ0) is 45.7. The van der Waals surface area contributed by atoms with Gasteiger partial charge in [0.1, 0.15) is 13.2 Å². The quantitative estimate of drug-likeness (QED) is 0.0264. The van der Waals surface area contributed by atoms with Crippen LogP contribution in [-0.4, -0.2) is 125 Å². The molecule has 62 heavy (non-hydrogen) atoms.